The van der Waals surface area contributed by atoms with Gasteiger partial charge in [0.25, 0.3) is 0 Å². The molecule has 0 fully saturated rings. The molecule has 0 N–H and O–H groups in total. The first-order chi connectivity index (χ1) is 13.3. The van der Waals surface area contributed by atoms with Crippen molar-refractivity contribution in [3.05, 3.63) is 77.5 Å². The fourth-order valence-electron chi connectivity index (χ4n) is 2.91. The highest BCUT2D eigenvalue weighted by Crippen LogP contribution is 2.44. The van der Waals surface area contributed by atoms with Crippen molar-refractivity contribution in [2.45, 2.75) is 19.1 Å². The quantitative estimate of drug-likeness (QED) is 0.708. The Labute approximate surface area is 163 Å². The average molecular weight is 400 g/mol. The minimum absolute atomic E-state index is 0.0650. The van der Waals surface area contributed by atoms with E-state index in [1.54, 1.807) is 60.7 Å². The lowest BCUT2D eigenvalue weighted by Gasteiger charge is -2.10. The summed E-state index contributed by atoms with van der Waals surface area (Å²) in [5.41, 5.74) is 0.594. The van der Waals surface area contributed by atoms with Gasteiger partial charge in [-0.15, -0.1) is 0 Å². The number of carbonyl (C=O) groups excluding carboxylic acids is 2. The van der Waals surface area contributed by atoms with Gasteiger partial charge in [-0.05, 0) is 17.0 Å². The van der Waals surface area contributed by atoms with Crippen molar-refractivity contribution in [2.24, 2.45) is 5.92 Å². The Morgan fingerprint density at radius 2 is 1.57 bits per heavy atom. The van der Waals surface area contributed by atoms with E-state index < -0.39 is 32.8 Å². The van der Waals surface area contributed by atoms with E-state index in [9.17, 15) is 18.0 Å². The molecule has 0 radical (unpaired) electrons. The van der Waals surface area contributed by atoms with Crippen LogP contribution < -0.4 is 0 Å². The Kier molecular flexibility index (Phi) is 5.65. The second-order valence-electron chi connectivity index (χ2n) is 6.78. The Hall–Kier alpha value is -2.93. The molecule has 28 heavy (non-hydrogen) atoms. The van der Waals surface area contributed by atoms with Crippen LogP contribution in [-0.2, 0) is 24.1 Å². The Bertz CT molecular complexity index is 1010. The SMILES string of the molecule is CC(C)COC(=O)OC1=C(c2ccccc2)S(=O)(=O)C(c2ccccc2)C1=O. The molecule has 0 saturated heterocycles. The third kappa shape index (κ3) is 3.84. The van der Waals surface area contributed by atoms with Gasteiger partial charge in [0.1, 0.15) is 4.91 Å². The number of Topliss-reactive ketones (excluding diaryl/α,β-unsaturated/α-hetero) is 1. The molecule has 3 rings (SSSR count). The van der Waals surface area contributed by atoms with Gasteiger partial charge in [0.2, 0.25) is 5.78 Å². The van der Waals surface area contributed by atoms with E-state index in [4.69, 9.17) is 9.47 Å². The first-order valence-corrected chi connectivity index (χ1v) is 10.3. The highest BCUT2D eigenvalue weighted by molar-refractivity contribution is 8.02. The summed E-state index contributed by atoms with van der Waals surface area (Å²) in [4.78, 5) is 24.8. The van der Waals surface area contributed by atoms with Crippen LogP contribution in [0.4, 0.5) is 4.79 Å². The predicted octanol–water partition coefficient (Wildman–Crippen LogP) is 3.90. The molecule has 0 spiro atoms. The van der Waals surface area contributed by atoms with Gasteiger partial charge in [-0.1, -0.05) is 74.5 Å². The van der Waals surface area contributed by atoms with Crippen LogP contribution in [0.1, 0.15) is 30.2 Å². The normalized spacial score (nSPS) is 18.4. The number of sulfone groups is 1. The Balaban J connectivity index is 2.07. The van der Waals surface area contributed by atoms with Crippen LogP contribution in [0.15, 0.2) is 66.4 Å². The van der Waals surface area contributed by atoms with Gasteiger partial charge in [-0.25, -0.2) is 13.2 Å². The number of ether oxygens (including phenoxy) is 2. The zero-order chi connectivity index (χ0) is 20.3. The molecule has 0 aliphatic carbocycles. The number of benzene rings is 2. The van der Waals surface area contributed by atoms with Crippen molar-refractivity contribution in [2.75, 3.05) is 6.61 Å². The highest BCUT2D eigenvalue weighted by atomic mass is 32.2. The fourth-order valence-corrected chi connectivity index (χ4v) is 4.91. The van der Waals surface area contributed by atoms with Gasteiger partial charge >= 0.3 is 6.16 Å². The number of hydrogen-bond acceptors (Lipinski definition) is 6. The number of ketones is 1. The standard InChI is InChI=1S/C21H20O6S/c1-14(2)13-26-21(23)27-18-17(22)19(15-9-5-3-6-10-15)28(24,25)20(18)16-11-7-4-8-12-16/h3-12,14,19H,13H2,1-2H3. The lowest BCUT2D eigenvalue weighted by Crippen LogP contribution is -2.18. The number of allylic oxidation sites excluding steroid dienone is 1. The van der Waals surface area contributed by atoms with E-state index >= 15 is 0 Å². The van der Waals surface area contributed by atoms with Crippen LogP contribution in [0.5, 0.6) is 0 Å². The average Bonchev–Trinajstić information content (AvgIpc) is 2.86. The van der Waals surface area contributed by atoms with E-state index in [1.165, 1.54) is 0 Å². The molecule has 1 aliphatic heterocycles. The van der Waals surface area contributed by atoms with E-state index in [0.29, 0.717) is 5.56 Å². The van der Waals surface area contributed by atoms with E-state index in [2.05, 4.69) is 0 Å². The first-order valence-electron chi connectivity index (χ1n) is 8.79. The summed E-state index contributed by atoms with van der Waals surface area (Å²) in [5.74, 6) is -1.23. The number of hydrogen-bond donors (Lipinski definition) is 0. The Morgan fingerprint density at radius 1 is 1.00 bits per heavy atom. The van der Waals surface area contributed by atoms with E-state index in [1.807, 2.05) is 13.8 Å². The second-order valence-corrected chi connectivity index (χ2v) is 8.75. The van der Waals surface area contributed by atoms with Gasteiger partial charge in [0, 0.05) is 0 Å². The third-order valence-corrected chi connectivity index (χ3v) is 6.22. The van der Waals surface area contributed by atoms with Crippen LogP contribution in [0, 0.1) is 5.92 Å². The van der Waals surface area contributed by atoms with E-state index in [-0.39, 0.29) is 23.0 Å². The Morgan fingerprint density at radius 3 is 2.14 bits per heavy atom. The largest absolute Gasteiger partial charge is 0.514 e. The summed E-state index contributed by atoms with van der Waals surface area (Å²) >= 11 is 0. The van der Waals surface area contributed by atoms with Crippen molar-refractivity contribution in [1.82, 2.24) is 0 Å². The highest BCUT2D eigenvalue weighted by Gasteiger charge is 2.50. The second kappa shape index (κ2) is 7.98. The molecule has 1 aliphatic rings. The van der Waals surface area contributed by atoms with Crippen LogP contribution in [-0.4, -0.2) is 27.0 Å². The smallest absolute Gasteiger partial charge is 0.434 e. The maximum Gasteiger partial charge on any atom is 0.514 e. The van der Waals surface area contributed by atoms with Crippen LogP contribution in [0.3, 0.4) is 0 Å². The molecule has 146 valence electrons. The zero-order valence-electron chi connectivity index (χ0n) is 15.5. The molecular weight excluding hydrogens is 380 g/mol. The molecule has 2 aromatic carbocycles. The lowest BCUT2D eigenvalue weighted by atomic mass is 10.1. The van der Waals surface area contributed by atoms with Gasteiger partial charge in [-0.2, -0.15) is 0 Å². The van der Waals surface area contributed by atoms with Crippen LogP contribution in [0.2, 0.25) is 0 Å². The molecule has 1 atom stereocenters. The molecule has 6 nitrogen and oxygen atoms in total. The van der Waals surface area contributed by atoms with Crippen molar-refractivity contribution in [3.8, 4) is 0 Å². The minimum Gasteiger partial charge on any atom is -0.434 e. The van der Waals surface area contributed by atoms with Gasteiger partial charge < -0.3 is 9.47 Å². The zero-order valence-corrected chi connectivity index (χ0v) is 16.3. The van der Waals surface area contributed by atoms with Gasteiger partial charge in [-0.3, -0.25) is 4.79 Å². The molecule has 1 unspecified atom stereocenters. The maximum atomic E-state index is 13.3. The molecule has 0 amide bonds. The summed E-state index contributed by atoms with van der Waals surface area (Å²) in [5, 5.41) is -1.46. The third-order valence-electron chi connectivity index (χ3n) is 4.12. The van der Waals surface area contributed by atoms with Crippen LogP contribution >= 0.6 is 0 Å². The summed E-state index contributed by atoms with van der Waals surface area (Å²) < 4.78 is 36.6. The summed E-state index contributed by atoms with van der Waals surface area (Å²) in [6.07, 6.45) is -1.10. The van der Waals surface area contributed by atoms with Crippen molar-refractivity contribution < 1.29 is 27.5 Å². The van der Waals surface area contributed by atoms with Crippen molar-refractivity contribution >= 4 is 26.7 Å². The maximum absolute atomic E-state index is 13.3. The van der Waals surface area contributed by atoms with Gasteiger partial charge in [0.05, 0.1) is 6.61 Å². The summed E-state index contributed by atoms with van der Waals surface area (Å²) in [6.45, 7) is 3.78. The minimum atomic E-state index is -4.11. The molecule has 0 saturated carbocycles. The monoisotopic (exact) mass is 400 g/mol. The van der Waals surface area contributed by atoms with Gasteiger partial charge in [0.15, 0.2) is 20.8 Å². The summed E-state index contributed by atoms with van der Waals surface area (Å²) in [7, 11) is -4.11. The van der Waals surface area contributed by atoms with Crippen LogP contribution in [0.25, 0.3) is 4.91 Å². The number of carbonyl (C=O) groups is 2. The lowest BCUT2D eigenvalue weighted by molar-refractivity contribution is -0.117. The van der Waals surface area contributed by atoms with Crippen molar-refractivity contribution in [1.29, 1.82) is 0 Å². The molecular formula is C21H20O6S. The van der Waals surface area contributed by atoms with E-state index in [0.717, 1.165) is 0 Å². The molecule has 1 heterocycles. The summed E-state index contributed by atoms with van der Waals surface area (Å²) in [6, 6.07) is 16.3. The molecule has 0 bridgehead atoms. The topological polar surface area (TPSA) is 86.7 Å². The predicted molar refractivity (Wildman–Crippen MR) is 104 cm³/mol. The first kappa shape index (κ1) is 19.8. The number of rotatable bonds is 5. The fraction of sp³-hybridized carbons (Fsp3) is 0.238. The molecule has 7 heteroatoms. The van der Waals surface area contributed by atoms with Crippen molar-refractivity contribution in [3.63, 3.8) is 0 Å². The molecule has 2 aromatic rings. The molecule has 0 aromatic heterocycles.